The normalized spacial score (nSPS) is 15.7. The first kappa shape index (κ1) is 11.7. The van der Waals surface area contributed by atoms with Crippen molar-refractivity contribution in [3.8, 4) is 0 Å². The molecule has 6 heteroatoms. The molecule has 0 radical (unpaired) electrons. The van der Waals surface area contributed by atoms with Gasteiger partial charge in [-0.1, -0.05) is 6.07 Å². The molecule has 5 nitrogen and oxygen atoms in total. The SMILES string of the molecule is O=C1CN(C(=O)c2cccc(S)c2)CC(=O)N1. The molecule has 1 fully saturated rings. The first-order valence-corrected chi connectivity index (χ1v) is 5.42. The van der Waals surface area contributed by atoms with Crippen LogP contribution in [0.4, 0.5) is 0 Å². The molecule has 0 spiro atoms. The molecule has 0 unspecified atom stereocenters. The second-order valence-electron chi connectivity index (χ2n) is 3.68. The summed E-state index contributed by atoms with van der Waals surface area (Å²) in [5.41, 5.74) is 0.417. The molecule has 1 N–H and O–H groups in total. The summed E-state index contributed by atoms with van der Waals surface area (Å²) in [4.78, 5) is 36.2. The lowest BCUT2D eigenvalue weighted by Gasteiger charge is -2.25. The number of hydrogen-bond donors (Lipinski definition) is 2. The van der Waals surface area contributed by atoms with E-state index in [0.717, 1.165) is 0 Å². The Morgan fingerprint density at radius 1 is 1.24 bits per heavy atom. The number of imide groups is 1. The van der Waals surface area contributed by atoms with Crippen LogP contribution in [-0.2, 0) is 9.59 Å². The molecule has 0 bridgehead atoms. The monoisotopic (exact) mass is 250 g/mol. The number of nitrogens with one attached hydrogen (secondary N) is 1. The second kappa shape index (κ2) is 4.58. The van der Waals surface area contributed by atoms with Gasteiger partial charge in [-0.05, 0) is 18.2 Å². The molecule has 0 aliphatic carbocycles. The standard InChI is InChI=1S/C11H10N2O3S/c14-9-5-13(6-10(15)12-9)11(16)7-2-1-3-8(17)4-7/h1-4,17H,5-6H2,(H,12,14,15). The molecule has 88 valence electrons. The Labute approximate surface area is 103 Å². The summed E-state index contributed by atoms with van der Waals surface area (Å²) in [6.45, 7) is -0.192. The van der Waals surface area contributed by atoms with E-state index in [4.69, 9.17) is 0 Å². The lowest BCUT2D eigenvalue weighted by Crippen LogP contribution is -2.53. The second-order valence-corrected chi connectivity index (χ2v) is 4.20. The number of hydrogen-bond acceptors (Lipinski definition) is 4. The quantitative estimate of drug-likeness (QED) is 0.547. The van der Waals surface area contributed by atoms with Crippen LogP contribution in [0, 0.1) is 0 Å². The average Bonchev–Trinajstić information content (AvgIpc) is 2.26. The van der Waals surface area contributed by atoms with E-state index in [2.05, 4.69) is 17.9 Å². The van der Waals surface area contributed by atoms with E-state index in [1.807, 2.05) is 0 Å². The lowest BCUT2D eigenvalue weighted by molar-refractivity contribution is -0.135. The van der Waals surface area contributed by atoms with Gasteiger partial charge in [0, 0.05) is 10.5 Å². The van der Waals surface area contributed by atoms with Gasteiger partial charge in [0.2, 0.25) is 11.8 Å². The summed E-state index contributed by atoms with van der Waals surface area (Å²) in [7, 11) is 0. The maximum absolute atomic E-state index is 12.0. The van der Waals surface area contributed by atoms with Gasteiger partial charge in [-0.25, -0.2) is 0 Å². The predicted molar refractivity (Wildman–Crippen MR) is 62.7 cm³/mol. The molecule has 17 heavy (non-hydrogen) atoms. The van der Waals surface area contributed by atoms with Crippen LogP contribution in [0.15, 0.2) is 29.2 Å². The molecule has 0 aromatic heterocycles. The molecule has 2 rings (SSSR count). The summed E-state index contributed by atoms with van der Waals surface area (Å²) in [6.07, 6.45) is 0. The van der Waals surface area contributed by atoms with E-state index >= 15 is 0 Å². The van der Waals surface area contributed by atoms with Gasteiger partial charge < -0.3 is 4.90 Å². The van der Waals surface area contributed by atoms with Crippen molar-refractivity contribution in [3.05, 3.63) is 29.8 Å². The maximum atomic E-state index is 12.0. The largest absolute Gasteiger partial charge is 0.320 e. The maximum Gasteiger partial charge on any atom is 0.254 e. The van der Waals surface area contributed by atoms with E-state index in [1.165, 1.54) is 4.90 Å². The highest BCUT2D eigenvalue weighted by atomic mass is 32.1. The first-order chi connectivity index (χ1) is 8.06. The highest BCUT2D eigenvalue weighted by Crippen LogP contribution is 2.12. The Hall–Kier alpha value is -1.82. The van der Waals surface area contributed by atoms with Gasteiger partial charge in [0.15, 0.2) is 0 Å². The van der Waals surface area contributed by atoms with Crippen LogP contribution in [0.25, 0.3) is 0 Å². The number of benzene rings is 1. The van der Waals surface area contributed by atoms with Crippen molar-refractivity contribution in [1.29, 1.82) is 0 Å². The molecule has 1 saturated heterocycles. The van der Waals surface area contributed by atoms with Gasteiger partial charge in [-0.15, -0.1) is 12.6 Å². The van der Waals surface area contributed by atoms with Gasteiger partial charge in [-0.3, -0.25) is 19.7 Å². The van der Waals surface area contributed by atoms with Crippen molar-refractivity contribution >= 4 is 30.4 Å². The van der Waals surface area contributed by atoms with Gasteiger partial charge in [0.05, 0.1) is 0 Å². The van der Waals surface area contributed by atoms with E-state index in [1.54, 1.807) is 24.3 Å². The number of carbonyl (C=O) groups is 3. The summed E-state index contributed by atoms with van der Waals surface area (Å²) in [6, 6.07) is 6.66. The smallest absolute Gasteiger partial charge is 0.254 e. The number of thiol groups is 1. The minimum Gasteiger partial charge on any atom is -0.320 e. The zero-order valence-corrected chi connectivity index (χ0v) is 9.74. The van der Waals surface area contributed by atoms with Crippen molar-refractivity contribution in [2.75, 3.05) is 13.1 Å². The Balaban J connectivity index is 2.20. The van der Waals surface area contributed by atoms with Crippen molar-refractivity contribution in [2.24, 2.45) is 0 Å². The van der Waals surface area contributed by atoms with Crippen LogP contribution < -0.4 is 5.32 Å². The number of piperazine rings is 1. The third-order valence-corrected chi connectivity index (χ3v) is 2.61. The van der Waals surface area contributed by atoms with Crippen molar-refractivity contribution in [1.82, 2.24) is 10.2 Å². The minimum absolute atomic E-state index is 0.0959. The van der Waals surface area contributed by atoms with E-state index in [0.29, 0.717) is 10.5 Å². The fourth-order valence-corrected chi connectivity index (χ4v) is 1.83. The summed E-state index contributed by atoms with van der Waals surface area (Å²) in [5.74, 6) is -1.27. The summed E-state index contributed by atoms with van der Waals surface area (Å²) >= 11 is 4.13. The number of rotatable bonds is 1. The predicted octanol–water partition coefficient (Wildman–Crippen LogP) is 0.0739. The van der Waals surface area contributed by atoms with Crippen molar-refractivity contribution in [2.45, 2.75) is 4.90 Å². The van der Waals surface area contributed by atoms with Gasteiger partial charge in [-0.2, -0.15) is 0 Å². The number of nitrogens with zero attached hydrogens (tertiary/aromatic N) is 1. The van der Waals surface area contributed by atoms with Crippen LogP contribution in [0.5, 0.6) is 0 Å². The van der Waals surface area contributed by atoms with Crippen molar-refractivity contribution < 1.29 is 14.4 Å². The minimum atomic E-state index is -0.461. The Morgan fingerprint density at radius 2 is 1.88 bits per heavy atom. The van der Waals surface area contributed by atoms with Crippen LogP contribution >= 0.6 is 12.6 Å². The van der Waals surface area contributed by atoms with Crippen LogP contribution in [-0.4, -0.2) is 35.7 Å². The van der Waals surface area contributed by atoms with Gasteiger partial charge in [0.25, 0.3) is 5.91 Å². The molecular formula is C11H10N2O3S. The fraction of sp³-hybridized carbons (Fsp3) is 0.182. The Kier molecular flexibility index (Phi) is 3.14. The molecule has 1 aliphatic heterocycles. The number of amides is 3. The molecule has 1 aliphatic rings. The summed E-state index contributed by atoms with van der Waals surface area (Å²) < 4.78 is 0. The lowest BCUT2D eigenvalue weighted by atomic mass is 10.2. The fourth-order valence-electron chi connectivity index (χ4n) is 1.60. The Bertz CT molecular complexity index is 485. The summed E-state index contributed by atoms with van der Waals surface area (Å²) in [5, 5.41) is 2.14. The van der Waals surface area contributed by atoms with E-state index in [-0.39, 0.29) is 19.0 Å². The third kappa shape index (κ3) is 2.65. The highest BCUT2D eigenvalue weighted by molar-refractivity contribution is 7.80. The molecule has 1 heterocycles. The zero-order valence-electron chi connectivity index (χ0n) is 8.84. The molecule has 1 aromatic rings. The van der Waals surface area contributed by atoms with E-state index < -0.39 is 11.8 Å². The van der Waals surface area contributed by atoms with Gasteiger partial charge >= 0.3 is 0 Å². The molecular weight excluding hydrogens is 240 g/mol. The highest BCUT2D eigenvalue weighted by Gasteiger charge is 2.26. The topological polar surface area (TPSA) is 66.5 Å². The van der Waals surface area contributed by atoms with E-state index in [9.17, 15) is 14.4 Å². The first-order valence-electron chi connectivity index (χ1n) is 4.97. The molecule has 3 amide bonds. The zero-order chi connectivity index (χ0) is 12.4. The van der Waals surface area contributed by atoms with Crippen LogP contribution in [0.2, 0.25) is 0 Å². The molecule has 1 aromatic carbocycles. The Morgan fingerprint density at radius 3 is 2.47 bits per heavy atom. The van der Waals surface area contributed by atoms with Crippen LogP contribution in [0.1, 0.15) is 10.4 Å². The average molecular weight is 250 g/mol. The van der Waals surface area contributed by atoms with Crippen molar-refractivity contribution in [3.63, 3.8) is 0 Å². The molecule has 0 atom stereocenters. The van der Waals surface area contributed by atoms with Gasteiger partial charge in [0.1, 0.15) is 13.1 Å². The third-order valence-electron chi connectivity index (χ3n) is 2.33. The van der Waals surface area contributed by atoms with Crippen LogP contribution in [0.3, 0.4) is 0 Å². The number of carbonyl (C=O) groups excluding carboxylic acids is 3. The molecule has 0 saturated carbocycles.